The largest absolute Gasteiger partial charge is 0.309 e. The van der Waals surface area contributed by atoms with Gasteiger partial charge in [-0.3, -0.25) is 0 Å². The van der Waals surface area contributed by atoms with Gasteiger partial charge in [0.05, 0.1) is 11.4 Å². The SMILES string of the molecule is c1ccc(-c2ccc(N(c3ccc(-c4ccccc4)cc3)c3c4ccc(C56CC7CC(CC(C7)C5)C6)cc4c(N(c4ccc(-c5ccccc5)cc4)c4ccc(-c5ccccc5)cc4)c4ccc(C5C6CC7CC(C6)CC5C7)cc34)cc2)cc1. The van der Waals surface area contributed by atoms with Crippen LogP contribution < -0.4 is 9.80 Å². The number of hydrogen-bond donors (Lipinski definition) is 0. The number of nitrogens with zero attached hydrogens (tertiary/aromatic N) is 2. The monoisotopic (exact) mass is 1080 g/mol. The number of anilines is 6. The summed E-state index contributed by atoms with van der Waals surface area (Å²) in [6.45, 7) is 0. The van der Waals surface area contributed by atoms with Crippen molar-refractivity contribution >= 4 is 55.7 Å². The Morgan fingerprint density at radius 1 is 0.262 bits per heavy atom. The fraction of sp³-hybridized carbons (Fsp3) is 0.244. The van der Waals surface area contributed by atoms with Gasteiger partial charge in [0.15, 0.2) is 0 Å². The van der Waals surface area contributed by atoms with Gasteiger partial charge in [0.1, 0.15) is 0 Å². The topological polar surface area (TPSA) is 6.48 Å². The first kappa shape index (κ1) is 50.1. The van der Waals surface area contributed by atoms with E-state index in [0.29, 0.717) is 5.92 Å². The highest BCUT2D eigenvalue weighted by molar-refractivity contribution is 6.23. The molecule has 11 aromatic rings. The van der Waals surface area contributed by atoms with Gasteiger partial charge in [0, 0.05) is 44.3 Å². The molecule has 84 heavy (non-hydrogen) atoms. The molecule has 11 aromatic carbocycles. The van der Waals surface area contributed by atoms with Gasteiger partial charge in [0.25, 0.3) is 0 Å². The summed E-state index contributed by atoms with van der Waals surface area (Å²) in [5.41, 5.74) is 20.3. The second-order valence-corrected chi connectivity index (χ2v) is 26.7. The molecule has 8 aliphatic carbocycles. The lowest BCUT2D eigenvalue weighted by molar-refractivity contribution is -0.00513. The average Bonchev–Trinajstić information content (AvgIpc) is 1.61. The Morgan fingerprint density at radius 3 is 0.929 bits per heavy atom. The Kier molecular flexibility index (Phi) is 12.2. The van der Waals surface area contributed by atoms with Crippen molar-refractivity contribution in [3.63, 3.8) is 0 Å². The summed E-state index contributed by atoms with van der Waals surface area (Å²) in [5, 5.41) is 5.22. The summed E-state index contributed by atoms with van der Waals surface area (Å²) in [5.74, 6) is 6.38. The molecular formula is C82H72N2. The predicted molar refractivity (Wildman–Crippen MR) is 352 cm³/mol. The smallest absolute Gasteiger partial charge is 0.0620 e. The minimum Gasteiger partial charge on any atom is -0.309 e. The molecule has 8 aliphatic rings. The quantitative estimate of drug-likeness (QED) is 0.0889. The maximum absolute atomic E-state index is 2.74. The van der Waals surface area contributed by atoms with E-state index in [4.69, 9.17) is 0 Å². The highest BCUT2D eigenvalue weighted by Crippen LogP contribution is 2.63. The summed E-state index contributed by atoms with van der Waals surface area (Å²) in [7, 11) is 0. The minimum atomic E-state index is 0.193. The zero-order valence-electron chi connectivity index (χ0n) is 48.0. The van der Waals surface area contributed by atoms with E-state index in [2.05, 4.69) is 265 Å². The summed E-state index contributed by atoms with van der Waals surface area (Å²) >= 11 is 0. The van der Waals surface area contributed by atoms with Crippen molar-refractivity contribution < 1.29 is 0 Å². The van der Waals surface area contributed by atoms with Crippen LogP contribution in [0.25, 0.3) is 66.1 Å². The third-order valence-electron chi connectivity index (χ3n) is 21.7. The standard InChI is InChI=1S/C82H72N2/c1-5-13-59(14-6-1)63-21-31-71(32-22-63)83(72-33-23-64(24-34-72)60-15-7-2-8-16-60)80-76-40-30-70(82-51-56-42-57(52-82)44-58(43-56)53-82)50-78(76)81(75-39-29-67(49-77(75)80)79-68-45-54-41-55(47-68)48-69(79)46-54)84(73-35-25-65(26-36-73)61-17-9-3-10-18-61)74-37-27-66(28-38-74)62-19-11-4-12-20-62/h1-40,49-50,54-58,68-69,79H,41-48,51-53H2. The van der Waals surface area contributed by atoms with Crippen LogP contribution in [0.5, 0.6) is 0 Å². The molecule has 8 saturated carbocycles. The molecule has 8 fully saturated rings. The highest BCUT2D eigenvalue weighted by Gasteiger charge is 2.52. The Balaban J connectivity index is 0.958. The van der Waals surface area contributed by atoms with Crippen LogP contribution in [0.1, 0.15) is 87.7 Å². The van der Waals surface area contributed by atoms with E-state index in [9.17, 15) is 0 Å². The molecule has 0 aliphatic heterocycles. The summed E-state index contributed by atoms with van der Waals surface area (Å²) in [4.78, 5) is 5.30. The van der Waals surface area contributed by atoms with Crippen LogP contribution >= 0.6 is 0 Å². The second-order valence-electron chi connectivity index (χ2n) is 26.7. The van der Waals surface area contributed by atoms with Gasteiger partial charge < -0.3 is 9.80 Å². The van der Waals surface area contributed by atoms with Crippen molar-refractivity contribution in [2.24, 2.45) is 41.4 Å². The molecule has 0 atom stereocenters. The van der Waals surface area contributed by atoms with E-state index in [-0.39, 0.29) is 5.41 Å². The van der Waals surface area contributed by atoms with Crippen LogP contribution in [-0.4, -0.2) is 0 Å². The molecule has 0 spiro atoms. The number of fused-ring (bicyclic) bond motifs is 2. The van der Waals surface area contributed by atoms with Gasteiger partial charge in [0.2, 0.25) is 0 Å². The minimum absolute atomic E-state index is 0.193. The van der Waals surface area contributed by atoms with Crippen molar-refractivity contribution in [1.29, 1.82) is 0 Å². The molecule has 410 valence electrons. The van der Waals surface area contributed by atoms with Gasteiger partial charge in [-0.1, -0.05) is 194 Å². The zero-order valence-corrected chi connectivity index (χ0v) is 48.0. The van der Waals surface area contributed by atoms with Crippen LogP contribution in [0.2, 0.25) is 0 Å². The van der Waals surface area contributed by atoms with Crippen LogP contribution in [0, 0.1) is 41.4 Å². The van der Waals surface area contributed by atoms with Crippen molar-refractivity contribution in [3.8, 4) is 44.5 Å². The Labute approximate surface area is 496 Å². The second kappa shape index (κ2) is 20.4. The summed E-state index contributed by atoms with van der Waals surface area (Å²) in [6, 6.07) is 97.4. The van der Waals surface area contributed by atoms with E-state index in [1.165, 1.54) is 154 Å². The van der Waals surface area contributed by atoms with Crippen LogP contribution in [0.15, 0.2) is 255 Å². The van der Waals surface area contributed by atoms with Gasteiger partial charge in [-0.05, 0) is 240 Å². The normalized spacial score (nSPS) is 24.4. The lowest BCUT2D eigenvalue weighted by Crippen LogP contribution is -2.48. The van der Waals surface area contributed by atoms with Gasteiger partial charge >= 0.3 is 0 Å². The van der Waals surface area contributed by atoms with Crippen molar-refractivity contribution in [2.45, 2.75) is 82.0 Å². The van der Waals surface area contributed by atoms with Crippen LogP contribution in [0.3, 0.4) is 0 Å². The lowest BCUT2D eigenvalue weighted by atomic mass is 9.48. The molecule has 0 radical (unpaired) electrons. The lowest BCUT2D eigenvalue weighted by Gasteiger charge is -2.57. The fourth-order valence-corrected chi connectivity index (χ4v) is 18.7. The number of hydrogen-bond acceptors (Lipinski definition) is 2. The van der Waals surface area contributed by atoms with Gasteiger partial charge in [-0.2, -0.15) is 0 Å². The number of benzene rings is 11. The van der Waals surface area contributed by atoms with Crippen molar-refractivity contribution in [1.82, 2.24) is 0 Å². The molecule has 2 nitrogen and oxygen atoms in total. The summed E-state index contributed by atoms with van der Waals surface area (Å²) in [6.07, 6.45) is 15.2. The molecule has 0 amide bonds. The first-order valence-electron chi connectivity index (χ1n) is 31.8. The van der Waals surface area contributed by atoms with E-state index in [1.807, 2.05) is 0 Å². The third kappa shape index (κ3) is 8.73. The first-order chi connectivity index (χ1) is 41.5. The fourth-order valence-electron chi connectivity index (χ4n) is 18.7. The van der Waals surface area contributed by atoms with E-state index < -0.39 is 0 Å². The van der Waals surface area contributed by atoms with Crippen molar-refractivity contribution in [3.05, 3.63) is 266 Å². The third-order valence-corrected chi connectivity index (χ3v) is 21.7. The average molecular weight is 1090 g/mol. The molecule has 0 heterocycles. The zero-order chi connectivity index (χ0) is 55.3. The van der Waals surface area contributed by atoms with E-state index in [1.54, 1.807) is 5.56 Å². The molecule has 19 rings (SSSR count). The molecule has 0 unspecified atom stereocenters. The van der Waals surface area contributed by atoms with Crippen LogP contribution in [-0.2, 0) is 5.41 Å². The van der Waals surface area contributed by atoms with Crippen LogP contribution in [0.4, 0.5) is 34.1 Å². The summed E-state index contributed by atoms with van der Waals surface area (Å²) < 4.78 is 0. The Hall–Kier alpha value is -8.46. The first-order valence-corrected chi connectivity index (χ1v) is 31.8. The van der Waals surface area contributed by atoms with Gasteiger partial charge in [-0.25, -0.2) is 0 Å². The molecule has 0 aromatic heterocycles. The molecule has 0 N–H and O–H groups in total. The molecule has 2 heteroatoms. The van der Waals surface area contributed by atoms with Gasteiger partial charge in [-0.15, -0.1) is 0 Å². The maximum atomic E-state index is 2.74. The molecule has 8 bridgehead atoms. The molecular weight excluding hydrogens is 1010 g/mol. The number of rotatable bonds is 12. The Bertz CT molecular complexity index is 3960. The van der Waals surface area contributed by atoms with E-state index in [0.717, 1.165) is 64.2 Å². The maximum Gasteiger partial charge on any atom is 0.0620 e. The highest BCUT2D eigenvalue weighted by atomic mass is 15.2. The van der Waals surface area contributed by atoms with E-state index >= 15 is 0 Å². The van der Waals surface area contributed by atoms with Crippen molar-refractivity contribution in [2.75, 3.05) is 9.80 Å². The predicted octanol–water partition coefficient (Wildman–Crippen LogP) is 22.6. The molecule has 0 saturated heterocycles. The Morgan fingerprint density at radius 2 is 0.571 bits per heavy atom.